The summed E-state index contributed by atoms with van der Waals surface area (Å²) in [7, 11) is 0. The number of benzene rings is 2. The Morgan fingerprint density at radius 2 is 1.62 bits per heavy atom. The molecule has 1 aliphatic rings. The minimum absolute atomic E-state index is 0.154. The molecule has 2 aromatic carbocycles. The maximum Gasteiger partial charge on any atom is 0.248 e. The first-order chi connectivity index (χ1) is 14.0. The van der Waals surface area contributed by atoms with E-state index in [0.29, 0.717) is 12.3 Å². The van der Waals surface area contributed by atoms with Crippen LogP contribution in [0.25, 0.3) is 6.08 Å². The number of anilines is 2. The van der Waals surface area contributed by atoms with Gasteiger partial charge in [-0.3, -0.25) is 9.59 Å². The first kappa shape index (κ1) is 20.6. The van der Waals surface area contributed by atoms with Crippen LogP contribution in [0.2, 0.25) is 0 Å². The zero-order chi connectivity index (χ0) is 20.6. The minimum atomic E-state index is -0.154. The molecule has 2 amide bonds. The molecule has 5 heteroatoms. The Balaban J connectivity index is 1.50. The van der Waals surface area contributed by atoms with Crippen molar-refractivity contribution in [2.45, 2.75) is 20.3 Å². The third-order valence-electron chi connectivity index (χ3n) is 4.94. The molecule has 5 nitrogen and oxygen atoms in total. The maximum absolute atomic E-state index is 12.2. The molecule has 1 heterocycles. The smallest absolute Gasteiger partial charge is 0.248 e. The van der Waals surface area contributed by atoms with Gasteiger partial charge >= 0.3 is 0 Å². The normalized spacial score (nSPS) is 14.4. The number of carbonyl (C=O) groups is 2. The number of hydrogen-bond donors (Lipinski definition) is 1. The molecule has 0 unspecified atom stereocenters. The van der Waals surface area contributed by atoms with Gasteiger partial charge < -0.3 is 15.1 Å². The molecule has 0 atom stereocenters. The molecule has 0 aliphatic carbocycles. The lowest BCUT2D eigenvalue weighted by molar-refractivity contribution is -0.132. The van der Waals surface area contributed by atoms with Crippen molar-refractivity contribution in [3.63, 3.8) is 0 Å². The molecule has 1 fully saturated rings. The number of rotatable bonds is 6. The van der Waals surface area contributed by atoms with Gasteiger partial charge in [0.25, 0.3) is 0 Å². The molecule has 152 valence electrons. The second-order valence-electron chi connectivity index (χ2n) is 7.75. The zero-order valence-corrected chi connectivity index (χ0v) is 17.2. The molecule has 1 saturated heterocycles. The molecule has 3 rings (SSSR count). The highest BCUT2D eigenvalue weighted by molar-refractivity contribution is 6.02. The van der Waals surface area contributed by atoms with E-state index in [0.717, 1.165) is 43.1 Å². The second-order valence-corrected chi connectivity index (χ2v) is 7.75. The van der Waals surface area contributed by atoms with Crippen LogP contribution in [-0.4, -0.2) is 42.9 Å². The summed E-state index contributed by atoms with van der Waals surface area (Å²) < 4.78 is 0. The number of carbonyl (C=O) groups excluding carboxylic acids is 2. The molecule has 0 saturated carbocycles. The molecule has 0 aromatic heterocycles. The van der Waals surface area contributed by atoms with Gasteiger partial charge in [0.2, 0.25) is 11.8 Å². The Bertz CT molecular complexity index is 836. The lowest BCUT2D eigenvalue weighted by atomic mass is 10.1. The molecule has 0 spiro atoms. The average molecular weight is 392 g/mol. The third kappa shape index (κ3) is 6.21. The van der Waals surface area contributed by atoms with E-state index in [9.17, 15) is 9.59 Å². The van der Waals surface area contributed by atoms with Crippen molar-refractivity contribution in [3.8, 4) is 0 Å². The molecule has 29 heavy (non-hydrogen) atoms. The molecular weight excluding hydrogens is 362 g/mol. The van der Waals surface area contributed by atoms with Crippen molar-refractivity contribution in [2.75, 3.05) is 36.4 Å². The number of amides is 2. The number of piperazine rings is 1. The molecule has 1 N–H and O–H groups in total. The van der Waals surface area contributed by atoms with Crippen LogP contribution in [0.15, 0.2) is 60.7 Å². The summed E-state index contributed by atoms with van der Waals surface area (Å²) in [5, 5.41) is 2.89. The Morgan fingerprint density at radius 3 is 2.24 bits per heavy atom. The van der Waals surface area contributed by atoms with Crippen LogP contribution in [0.4, 0.5) is 11.4 Å². The van der Waals surface area contributed by atoms with Crippen LogP contribution in [-0.2, 0) is 9.59 Å². The van der Waals surface area contributed by atoms with Crippen molar-refractivity contribution in [1.29, 1.82) is 0 Å². The van der Waals surface area contributed by atoms with E-state index in [1.165, 1.54) is 6.08 Å². The van der Waals surface area contributed by atoms with Crippen molar-refractivity contribution in [3.05, 3.63) is 66.2 Å². The summed E-state index contributed by atoms with van der Waals surface area (Å²) in [5.74, 6) is 0.492. The molecule has 1 aliphatic heterocycles. The first-order valence-electron chi connectivity index (χ1n) is 10.2. The standard InChI is InChI=1S/C24H29N3O2/c1-19(2)18-24(29)27-16-14-26(15-17-27)22-11-9-21(10-12-22)25-23(28)13-8-20-6-4-3-5-7-20/h3-13,19H,14-18H2,1-2H3,(H,25,28)/b13-8+. The molecule has 2 aromatic rings. The van der Waals surface area contributed by atoms with Gasteiger partial charge in [-0.05, 0) is 41.8 Å². The quantitative estimate of drug-likeness (QED) is 0.757. The van der Waals surface area contributed by atoms with Crippen LogP contribution in [0.5, 0.6) is 0 Å². The predicted octanol–water partition coefficient (Wildman–Crippen LogP) is 4.03. The Kier molecular flexibility index (Phi) is 7.06. The molecule has 0 bridgehead atoms. The van der Waals surface area contributed by atoms with E-state index in [4.69, 9.17) is 0 Å². The van der Waals surface area contributed by atoms with E-state index in [1.807, 2.05) is 59.5 Å². The van der Waals surface area contributed by atoms with Gasteiger partial charge in [0.15, 0.2) is 0 Å². The fraction of sp³-hybridized carbons (Fsp3) is 0.333. The fourth-order valence-electron chi connectivity index (χ4n) is 3.37. The van der Waals surface area contributed by atoms with Crippen LogP contribution >= 0.6 is 0 Å². The monoisotopic (exact) mass is 391 g/mol. The van der Waals surface area contributed by atoms with Gasteiger partial charge in [-0.25, -0.2) is 0 Å². The highest BCUT2D eigenvalue weighted by Gasteiger charge is 2.21. The van der Waals surface area contributed by atoms with Gasteiger partial charge in [0.1, 0.15) is 0 Å². The average Bonchev–Trinajstić information content (AvgIpc) is 2.73. The second kappa shape index (κ2) is 9.92. The van der Waals surface area contributed by atoms with Gasteiger partial charge in [-0.15, -0.1) is 0 Å². The van der Waals surface area contributed by atoms with E-state index in [1.54, 1.807) is 6.08 Å². The van der Waals surface area contributed by atoms with E-state index >= 15 is 0 Å². The number of nitrogens with zero attached hydrogens (tertiary/aromatic N) is 2. The van der Waals surface area contributed by atoms with Crippen molar-refractivity contribution in [1.82, 2.24) is 4.90 Å². The van der Waals surface area contributed by atoms with Gasteiger partial charge in [-0.2, -0.15) is 0 Å². The molecular formula is C24H29N3O2. The Labute approximate surface area is 173 Å². The lowest BCUT2D eigenvalue weighted by Gasteiger charge is -2.36. The largest absolute Gasteiger partial charge is 0.368 e. The van der Waals surface area contributed by atoms with Crippen LogP contribution in [0.1, 0.15) is 25.8 Å². The first-order valence-corrected chi connectivity index (χ1v) is 10.2. The highest BCUT2D eigenvalue weighted by Crippen LogP contribution is 2.20. The van der Waals surface area contributed by atoms with Crippen LogP contribution in [0, 0.1) is 5.92 Å². The van der Waals surface area contributed by atoms with E-state index < -0.39 is 0 Å². The minimum Gasteiger partial charge on any atom is -0.368 e. The van der Waals surface area contributed by atoms with Crippen LogP contribution in [0.3, 0.4) is 0 Å². The summed E-state index contributed by atoms with van der Waals surface area (Å²) in [6.07, 6.45) is 3.95. The number of nitrogens with one attached hydrogen (secondary N) is 1. The zero-order valence-electron chi connectivity index (χ0n) is 17.2. The van der Waals surface area contributed by atoms with Gasteiger partial charge in [-0.1, -0.05) is 44.2 Å². The molecule has 0 radical (unpaired) electrons. The van der Waals surface area contributed by atoms with Crippen molar-refractivity contribution < 1.29 is 9.59 Å². The lowest BCUT2D eigenvalue weighted by Crippen LogP contribution is -2.49. The Morgan fingerprint density at radius 1 is 0.966 bits per heavy atom. The predicted molar refractivity (Wildman–Crippen MR) is 119 cm³/mol. The van der Waals surface area contributed by atoms with Crippen molar-refractivity contribution >= 4 is 29.3 Å². The van der Waals surface area contributed by atoms with E-state index in [2.05, 4.69) is 24.1 Å². The summed E-state index contributed by atoms with van der Waals surface area (Å²) in [6.45, 7) is 7.32. The van der Waals surface area contributed by atoms with Gasteiger partial charge in [0, 0.05) is 50.1 Å². The van der Waals surface area contributed by atoms with Crippen molar-refractivity contribution in [2.24, 2.45) is 5.92 Å². The van der Waals surface area contributed by atoms with Crippen LogP contribution < -0.4 is 10.2 Å². The fourth-order valence-corrected chi connectivity index (χ4v) is 3.37. The Hall–Kier alpha value is -3.08. The number of hydrogen-bond acceptors (Lipinski definition) is 3. The topological polar surface area (TPSA) is 52.7 Å². The SMILES string of the molecule is CC(C)CC(=O)N1CCN(c2ccc(NC(=O)/C=C/c3ccccc3)cc2)CC1. The highest BCUT2D eigenvalue weighted by atomic mass is 16.2. The summed E-state index contributed by atoms with van der Waals surface area (Å²) in [5.41, 5.74) is 2.87. The van der Waals surface area contributed by atoms with E-state index in [-0.39, 0.29) is 11.8 Å². The summed E-state index contributed by atoms with van der Waals surface area (Å²) in [6, 6.07) is 17.6. The summed E-state index contributed by atoms with van der Waals surface area (Å²) >= 11 is 0. The van der Waals surface area contributed by atoms with Gasteiger partial charge in [0.05, 0.1) is 0 Å². The third-order valence-corrected chi connectivity index (χ3v) is 4.94. The summed E-state index contributed by atoms with van der Waals surface area (Å²) in [4.78, 5) is 28.5. The maximum atomic E-state index is 12.2.